The molecule has 1 amide bonds. The summed E-state index contributed by atoms with van der Waals surface area (Å²) in [4.78, 5) is 12.1. The van der Waals surface area contributed by atoms with Crippen LogP contribution < -0.4 is 10.6 Å². The first-order chi connectivity index (χ1) is 9.22. The minimum absolute atomic E-state index is 0.159. The number of nitrogens with zero attached hydrogens (tertiary/aromatic N) is 2. The number of carbonyl (C=O) groups is 1. The quantitative estimate of drug-likeness (QED) is 0.878. The van der Waals surface area contributed by atoms with Crippen molar-refractivity contribution in [1.82, 2.24) is 15.5 Å². The van der Waals surface area contributed by atoms with Gasteiger partial charge in [0.25, 0.3) is 5.91 Å². The van der Waals surface area contributed by atoms with E-state index < -0.39 is 0 Å². The lowest BCUT2D eigenvalue weighted by Crippen LogP contribution is -2.18. The molecule has 1 aromatic carbocycles. The highest BCUT2D eigenvalue weighted by Crippen LogP contribution is 2.22. The summed E-state index contributed by atoms with van der Waals surface area (Å²) < 4.78 is 0. The number of carbonyl (C=O) groups excluding carboxylic acids is 1. The maximum atomic E-state index is 12.1. The Morgan fingerprint density at radius 3 is 2.68 bits per heavy atom. The number of amides is 1. The Bertz CT molecular complexity index is 556. The Morgan fingerprint density at radius 1 is 1.21 bits per heavy atom. The van der Waals surface area contributed by atoms with Gasteiger partial charge in [-0.05, 0) is 31.7 Å². The second-order valence-electron chi connectivity index (χ2n) is 4.18. The fourth-order valence-electron chi connectivity index (χ4n) is 1.76. The number of hydrogen-bond donors (Lipinski definition) is 2. The van der Waals surface area contributed by atoms with E-state index in [0.29, 0.717) is 5.56 Å². The van der Waals surface area contributed by atoms with Gasteiger partial charge in [0.15, 0.2) is 0 Å². The molecule has 5 nitrogen and oxygen atoms in total. The molecule has 1 aromatic heterocycles. The van der Waals surface area contributed by atoms with Crippen molar-refractivity contribution < 1.29 is 4.79 Å². The number of hydrogen-bond acceptors (Lipinski definition) is 4. The van der Waals surface area contributed by atoms with Gasteiger partial charge in [-0.25, -0.2) is 0 Å². The SMILES string of the molecule is CNC(C)c1ccccc1NC(=O)c1ccnnc1. The van der Waals surface area contributed by atoms with Gasteiger partial charge in [-0.15, -0.1) is 0 Å². The molecule has 98 valence electrons. The molecule has 0 aliphatic carbocycles. The molecule has 0 fully saturated rings. The van der Waals surface area contributed by atoms with Crippen LogP contribution in [0.5, 0.6) is 0 Å². The van der Waals surface area contributed by atoms with E-state index in [1.807, 2.05) is 38.2 Å². The highest BCUT2D eigenvalue weighted by molar-refractivity contribution is 6.04. The molecule has 0 saturated carbocycles. The van der Waals surface area contributed by atoms with Crippen LogP contribution in [0.1, 0.15) is 28.9 Å². The first-order valence-corrected chi connectivity index (χ1v) is 6.06. The number of nitrogens with one attached hydrogen (secondary N) is 2. The van der Waals surface area contributed by atoms with Crippen LogP contribution in [0.2, 0.25) is 0 Å². The molecular formula is C14H16N4O. The van der Waals surface area contributed by atoms with E-state index in [1.165, 1.54) is 12.4 Å². The molecule has 5 heteroatoms. The van der Waals surface area contributed by atoms with Crippen molar-refractivity contribution >= 4 is 11.6 Å². The Labute approximate surface area is 112 Å². The highest BCUT2D eigenvalue weighted by atomic mass is 16.1. The molecule has 2 rings (SSSR count). The van der Waals surface area contributed by atoms with Crippen molar-refractivity contribution in [3.8, 4) is 0 Å². The van der Waals surface area contributed by atoms with Gasteiger partial charge in [-0.2, -0.15) is 10.2 Å². The molecule has 0 aliphatic heterocycles. The summed E-state index contributed by atoms with van der Waals surface area (Å²) >= 11 is 0. The average molecular weight is 256 g/mol. The van der Waals surface area contributed by atoms with Crippen molar-refractivity contribution in [1.29, 1.82) is 0 Å². The Morgan fingerprint density at radius 2 is 2.00 bits per heavy atom. The number of rotatable bonds is 4. The van der Waals surface area contributed by atoms with E-state index in [1.54, 1.807) is 6.07 Å². The van der Waals surface area contributed by atoms with Crippen LogP contribution in [0.15, 0.2) is 42.7 Å². The molecule has 2 aromatic rings. The largest absolute Gasteiger partial charge is 0.322 e. The maximum absolute atomic E-state index is 12.1. The van der Waals surface area contributed by atoms with Crippen molar-refractivity contribution in [2.75, 3.05) is 12.4 Å². The molecule has 2 N–H and O–H groups in total. The van der Waals surface area contributed by atoms with Crippen LogP contribution in [0.25, 0.3) is 0 Å². The van der Waals surface area contributed by atoms with Crippen LogP contribution in [-0.2, 0) is 0 Å². The minimum Gasteiger partial charge on any atom is -0.322 e. The molecule has 19 heavy (non-hydrogen) atoms. The van der Waals surface area contributed by atoms with Gasteiger partial charge in [-0.1, -0.05) is 18.2 Å². The number of para-hydroxylation sites is 1. The predicted molar refractivity (Wildman–Crippen MR) is 73.9 cm³/mol. The summed E-state index contributed by atoms with van der Waals surface area (Å²) in [6.45, 7) is 2.04. The standard InChI is InChI=1S/C14H16N4O/c1-10(15-2)12-5-3-4-6-13(12)18-14(19)11-7-8-16-17-9-11/h3-10,15H,1-2H3,(H,18,19). The molecule has 1 atom stereocenters. The monoisotopic (exact) mass is 256 g/mol. The zero-order valence-electron chi connectivity index (χ0n) is 10.9. The molecule has 0 saturated heterocycles. The van der Waals surface area contributed by atoms with Crippen LogP contribution in [-0.4, -0.2) is 23.2 Å². The van der Waals surface area contributed by atoms with Gasteiger partial charge in [-0.3, -0.25) is 4.79 Å². The number of benzene rings is 1. The Kier molecular flexibility index (Phi) is 4.20. The van der Waals surface area contributed by atoms with E-state index in [-0.39, 0.29) is 11.9 Å². The lowest BCUT2D eigenvalue weighted by atomic mass is 10.1. The molecule has 1 heterocycles. The topological polar surface area (TPSA) is 66.9 Å². The molecule has 0 aliphatic rings. The lowest BCUT2D eigenvalue weighted by Gasteiger charge is -2.16. The fraction of sp³-hybridized carbons (Fsp3) is 0.214. The van der Waals surface area contributed by atoms with Crippen molar-refractivity contribution in [3.63, 3.8) is 0 Å². The summed E-state index contributed by atoms with van der Waals surface area (Å²) in [6.07, 6.45) is 2.94. The third-order valence-electron chi connectivity index (χ3n) is 2.95. The van der Waals surface area contributed by atoms with Crippen molar-refractivity contribution in [2.45, 2.75) is 13.0 Å². The van der Waals surface area contributed by atoms with Crippen molar-refractivity contribution in [2.24, 2.45) is 0 Å². The zero-order chi connectivity index (χ0) is 13.7. The first kappa shape index (κ1) is 13.2. The summed E-state index contributed by atoms with van der Waals surface area (Å²) in [5, 5.41) is 13.4. The van der Waals surface area contributed by atoms with Gasteiger partial charge >= 0.3 is 0 Å². The van der Waals surface area contributed by atoms with Gasteiger partial charge in [0.2, 0.25) is 0 Å². The van der Waals surface area contributed by atoms with Gasteiger partial charge in [0.1, 0.15) is 0 Å². The van der Waals surface area contributed by atoms with Gasteiger partial charge in [0.05, 0.1) is 18.0 Å². The number of anilines is 1. The van der Waals surface area contributed by atoms with E-state index in [9.17, 15) is 4.79 Å². The van der Waals surface area contributed by atoms with E-state index >= 15 is 0 Å². The molecule has 0 radical (unpaired) electrons. The molecule has 0 bridgehead atoms. The second kappa shape index (κ2) is 6.06. The van der Waals surface area contributed by atoms with E-state index in [4.69, 9.17) is 0 Å². The van der Waals surface area contributed by atoms with Crippen LogP contribution in [0, 0.1) is 0 Å². The van der Waals surface area contributed by atoms with Crippen LogP contribution in [0.3, 0.4) is 0 Å². The lowest BCUT2D eigenvalue weighted by molar-refractivity contribution is 0.102. The maximum Gasteiger partial charge on any atom is 0.257 e. The zero-order valence-corrected chi connectivity index (χ0v) is 10.9. The smallest absolute Gasteiger partial charge is 0.257 e. The third kappa shape index (κ3) is 3.14. The third-order valence-corrected chi connectivity index (χ3v) is 2.95. The Balaban J connectivity index is 2.22. The summed E-state index contributed by atoms with van der Waals surface area (Å²) in [7, 11) is 1.88. The normalized spacial score (nSPS) is 11.9. The minimum atomic E-state index is -0.189. The first-order valence-electron chi connectivity index (χ1n) is 6.06. The average Bonchev–Trinajstić information content (AvgIpc) is 2.48. The summed E-state index contributed by atoms with van der Waals surface area (Å²) in [5.41, 5.74) is 2.33. The van der Waals surface area contributed by atoms with Crippen LogP contribution >= 0.6 is 0 Å². The van der Waals surface area contributed by atoms with Crippen LogP contribution in [0.4, 0.5) is 5.69 Å². The van der Waals surface area contributed by atoms with Gasteiger partial charge in [0, 0.05) is 11.7 Å². The molecule has 0 spiro atoms. The molecular weight excluding hydrogens is 240 g/mol. The highest BCUT2D eigenvalue weighted by Gasteiger charge is 2.12. The summed E-state index contributed by atoms with van der Waals surface area (Å²) in [6, 6.07) is 9.51. The van der Waals surface area contributed by atoms with E-state index in [0.717, 1.165) is 11.3 Å². The summed E-state index contributed by atoms with van der Waals surface area (Å²) in [5.74, 6) is -0.189. The second-order valence-corrected chi connectivity index (χ2v) is 4.18. The molecule has 1 unspecified atom stereocenters. The van der Waals surface area contributed by atoms with Gasteiger partial charge < -0.3 is 10.6 Å². The van der Waals surface area contributed by atoms with Crippen molar-refractivity contribution in [3.05, 3.63) is 53.9 Å². The predicted octanol–water partition coefficient (Wildman–Crippen LogP) is 2.01. The Hall–Kier alpha value is -2.27. The fourth-order valence-corrected chi connectivity index (χ4v) is 1.76. The number of aromatic nitrogens is 2. The van der Waals surface area contributed by atoms with E-state index in [2.05, 4.69) is 20.8 Å².